The number of hydrogen-bond acceptors (Lipinski definition) is 3. The van der Waals surface area contributed by atoms with E-state index < -0.39 is 0 Å². The predicted octanol–water partition coefficient (Wildman–Crippen LogP) is 0.562. The van der Waals surface area contributed by atoms with Crippen LogP contribution in [0, 0.1) is 12.3 Å². The number of hydrogen-bond donors (Lipinski definition) is 1. The Kier molecular flexibility index (Phi) is 5.00. The monoisotopic (exact) mass is 226 g/mol. The zero-order chi connectivity index (χ0) is 11.3. The summed E-state index contributed by atoms with van der Waals surface area (Å²) in [6, 6.07) is 0.459. The average molecular weight is 226 g/mol. The molecule has 2 atom stereocenters. The van der Waals surface area contributed by atoms with E-state index >= 15 is 0 Å². The number of carbonyl (C=O) groups is 1. The Labute approximate surface area is 96.0 Å². The van der Waals surface area contributed by atoms with E-state index in [0.29, 0.717) is 24.4 Å². The van der Waals surface area contributed by atoms with Gasteiger partial charge in [-0.05, 0) is 6.92 Å². The van der Waals surface area contributed by atoms with Gasteiger partial charge in [-0.15, -0.1) is 6.42 Å². The second-order valence-corrected chi connectivity index (χ2v) is 5.25. The van der Waals surface area contributed by atoms with Crippen LogP contribution in [0.5, 0.6) is 0 Å². The summed E-state index contributed by atoms with van der Waals surface area (Å²) >= 11 is 1.97. The molecule has 0 aliphatic carbocycles. The first-order chi connectivity index (χ1) is 7.15. The number of thioether (sulfide) groups is 1. The summed E-state index contributed by atoms with van der Waals surface area (Å²) in [5, 5.41) is 3.29. The molecule has 0 saturated carbocycles. The minimum absolute atomic E-state index is 0.0268. The van der Waals surface area contributed by atoms with Crippen molar-refractivity contribution in [2.45, 2.75) is 25.1 Å². The quantitative estimate of drug-likeness (QED) is 0.714. The van der Waals surface area contributed by atoms with Crippen molar-refractivity contribution in [3.05, 3.63) is 0 Å². The van der Waals surface area contributed by atoms with Gasteiger partial charge in [-0.1, -0.05) is 12.8 Å². The van der Waals surface area contributed by atoms with Gasteiger partial charge >= 0.3 is 0 Å². The molecule has 1 amide bonds. The van der Waals surface area contributed by atoms with E-state index in [1.54, 1.807) is 0 Å². The maximum atomic E-state index is 11.5. The summed E-state index contributed by atoms with van der Waals surface area (Å²) in [4.78, 5) is 13.7. The Hall–Kier alpha value is -0.660. The highest BCUT2D eigenvalue weighted by atomic mass is 32.2. The van der Waals surface area contributed by atoms with Crippen LogP contribution < -0.4 is 5.32 Å². The van der Waals surface area contributed by atoms with Crippen LogP contribution >= 0.6 is 11.8 Å². The van der Waals surface area contributed by atoms with Crippen molar-refractivity contribution >= 4 is 17.7 Å². The highest BCUT2D eigenvalue weighted by molar-refractivity contribution is 8.00. The Morgan fingerprint density at radius 3 is 3.07 bits per heavy atom. The Bertz CT molecular complexity index is 262. The standard InChI is InChI=1S/C11H18N2OS/c1-4-5-12-11(14)8-13-6-7-15-10(3)9(13)2/h1,9-10H,5-8H2,2-3H3,(H,12,14). The molecule has 15 heavy (non-hydrogen) atoms. The van der Waals surface area contributed by atoms with Crippen molar-refractivity contribution in [1.82, 2.24) is 10.2 Å². The molecule has 1 rings (SSSR count). The van der Waals surface area contributed by atoms with Crippen molar-refractivity contribution in [2.75, 3.05) is 25.4 Å². The Balaban J connectivity index is 2.37. The van der Waals surface area contributed by atoms with Crippen LogP contribution in [0.2, 0.25) is 0 Å². The molecule has 1 aliphatic heterocycles. The number of amides is 1. The topological polar surface area (TPSA) is 32.3 Å². The second-order valence-electron chi connectivity index (χ2n) is 3.77. The molecular weight excluding hydrogens is 208 g/mol. The summed E-state index contributed by atoms with van der Waals surface area (Å²) < 4.78 is 0. The summed E-state index contributed by atoms with van der Waals surface area (Å²) in [5.41, 5.74) is 0. The average Bonchev–Trinajstić information content (AvgIpc) is 2.22. The summed E-state index contributed by atoms with van der Waals surface area (Å²) in [5.74, 6) is 3.53. The highest BCUT2D eigenvalue weighted by Crippen LogP contribution is 2.23. The van der Waals surface area contributed by atoms with E-state index in [-0.39, 0.29) is 5.91 Å². The van der Waals surface area contributed by atoms with Crippen LogP contribution in [0.15, 0.2) is 0 Å². The first-order valence-corrected chi connectivity index (χ1v) is 6.26. The van der Waals surface area contributed by atoms with Gasteiger partial charge in [0.2, 0.25) is 5.91 Å². The zero-order valence-electron chi connectivity index (χ0n) is 9.32. The Morgan fingerprint density at radius 2 is 2.40 bits per heavy atom. The molecule has 3 nitrogen and oxygen atoms in total. The van der Waals surface area contributed by atoms with Gasteiger partial charge in [-0.25, -0.2) is 0 Å². The molecule has 1 aliphatic rings. The minimum atomic E-state index is 0.0268. The molecule has 2 unspecified atom stereocenters. The molecule has 0 bridgehead atoms. The van der Waals surface area contributed by atoms with Crippen LogP contribution in [0.4, 0.5) is 0 Å². The lowest BCUT2D eigenvalue weighted by molar-refractivity contribution is -0.122. The molecule has 0 aromatic rings. The molecule has 1 N–H and O–H groups in total. The van der Waals surface area contributed by atoms with Gasteiger partial charge in [0, 0.05) is 23.6 Å². The number of nitrogens with zero attached hydrogens (tertiary/aromatic N) is 1. The van der Waals surface area contributed by atoms with E-state index in [1.165, 1.54) is 0 Å². The van der Waals surface area contributed by atoms with Crippen LogP contribution in [-0.2, 0) is 4.79 Å². The molecule has 1 heterocycles. The maximum absolute atomic E-state index is 11.5. The fraction of sp³-hybridized carbons (Fsp3) is 0.727. The lowest BCUT2D eigenvalue weighted by atomic mass is 10.2. The van der Waals surface area contributed by atoms with Crippen LogP contribution in [0.25, 0.3) is 0 Å². The molecule has 0 aromatic carbocycles. The van der Waals surface area contributed by atoms with Crippen molar-refractivity contribution in [2.24, 2.45) is 0 Å². The highest BCUT2D eigenvalue weighted by Gasteiger charge is 2.26. The fourth-order valence-corrected chi connectivity index (χ4v) is 2.77. The van der Waals surface area contributed by atoms with Crippen molar-refractivity contribution in [3.63, 3.8) is 0 Å². The molecule has 1 saturated heterocycles. The van der Waals surface area contributed by atoms with Crippen LogP contribution in [0.3, 0.4) is 0 Å². The number of rotatable bonds is 3. The van der Waals surface area contributed by atoms with E-state index in [2.05, 4.69) is 30.0 Å². The van der Waals surface area contributed by atoms with Gasteiger partial charge in [0.05, 0.1) is 13.1 Å². The van der Waals surface area contributed by atoms with E-state index in [4.69, 9.17) is 6.42 Å². The summed E-state index contributed by atoms with van der Waals surface area (Å²) in [6.45, 7) is 6.16. The smallest absolute Gasteiger partial charge is 0.234 e. The first kappa shape index (κ1) is 12.4. The third kappa shape index (κ3) is 3.77. The van der Waals surface area contributed by atoms with E-state index in [1.807, 2.05) is 11.8 Å². The van der Waals surface area contributed by atoms with Crippen LogP contribution in [-0.4, -0.2) is 47.5 Å². The predicted molar refractivity (Wildman–Crippen MR) is 64.8 cm³/mol. The lowest BCUT2D eigenvalue weighted by Gasteiger charge is -2.36. The van der Waals surface area contributed by atoms with Crippen molar-refractivity contribution in [3.8, 4) is 12.3 Å². The molecule has 4 heteroatoms. The first-order valence-electron chi connectivity index (χ1n) is 5.21. The molecule has 0 aromatic heterocycles. The minimum Gasteiger partial charge on any atom is -0.344 e. The Morgan fingerprint density at radius 1 is 1.67 bits per heavy atom. The molecule has 1 fully saturated rings. The molecule has 0 spiro atoms. The van der Waals surface area contributed by atoms with E-state index in [9.17, 15) is 4.79 Å². The summed E-state index contributed by atoms with van der Waals surface area (Å²) in [6.07, 6.45) is 5.08. The van der Waals surface area contributed by atoms with E-state index in [0.717, 1.165) is 12.3 Å². The van der Waals surface area contributed by atoms with Gasteiger partial charge in [-0.2, -0.15) is 11.8 Å². The SMILES string of the molecule is C#CCNC(=O)CN1CCSC(C)C1C. The number of carbonyl (C=O) groups excluding carboxylic acids is 1. The number of terminal acetylenes is 1. The van der Waals surface area contributed by atoms with Gasteiger partial charge in [0.15, 0.2) is 0 Å². The third-order valence-corrected chi connectivity index (χ3v) is 4.09. The second kappa shape index (κ2) is 6.04. The summed E-state index contributed by atoms with van der Waals surface area (Å²) in [7, 11) is 0. The van der Waals surface area contributed by atoms with Crippen molar-refractivity contribution in [1.29, 1.82) is 0 Å². The zero-order valence-corrected chi connectivity index (χ0v) is 10.1. The fourth-order valence-electron chi connectivity index (χ4n) is 1.61. The van der Waals surface area contributed by atoms with Gasteiger partial charge in [0.1, 0.15) is 0 Å². The van der Waals surface area contributed by atoms with Gasteiger partial charge in [0.25, 0.3) is 0 Å². The molecule has 84 valence electrons. The normalized spacial score (nSPS) is 27.0. The molecule has 0 radical (unpaired) electrons. The van der Waals surface area contributed by atoms with Gasteiger partial charge < -0.3 is 5.32 Å². The van der Waals surface area contributed by atoms with Crippen LogP contribution in [0.1, 0.15) is 13.8 Å². The van der Waals surface area contributed by atoms with Gasteiger partial charge in [-0.3, -0.25) is 9.69 Å². The third-order valence-electron chi connectivity index (χ3n) is 2.75. The van der Waals surface area contributed by atoms with Crippen molar-refractivity contribution < 1.29 is 4.79 Å². The lowest BCUT2D eigenvalue weighted by Crippen LogP contribution is -2.49. The maximum Gasteiger partial charge on any atom is 0.234 e. The molecular formula is C11H18N2OS. The number of nitrogens with one attached hydrogen (secondary N) is 1. The largest absolute Gasteiger partial charge is 0.344 e.